The van der Waals surface area contributed by atoms with Gasteiger partial charge in [0.2, 0.25) is 0 Å². The minimum Gasteiger partial charge on any atom is -0.368 e. The molecule has 0 aliphatic rings. The number of ether oxygens (including phenoxy) is 1. The lowest BCUT2D eigenvalue weighted by Crippen LogP contribution is -2.50. The van der Waals surface area contributed by atoms with Crippen molar-refractivity contribution in [1.29, 1.82) is 0 Å². The summed E-state index contributed by atoms with van der Waals surface area (Å²) in [6.45, 7) is 4.01. The average molecular weight is 255 g/mol. The standard InChI is InChI=1S/C14H29N3O/c1-8-9-18-13-14(10-15(2)3,11-16(4)5)12-17(6)7/h1H,9-13H2,2-7H3. The van der Waals surface area contributed by atoms with Gasteiger partial charge in [-0.15, -0.1) is 6.42 Å². The van der Waals surface area contributed by atoms with Crippen LogP contribution in [0.2, 0.25) is 0 Å². The van der Waals surface area contributed by atoms with E-state index in [-0.39, 0.29) is 5.41 Å². The predicted octanol–water partition coefficient (Wildman–Crippen LogP) is 0.307. The Morgan fingerprint density at radius 1 is 0.889 bits per heavy atom. The maximum absolute atomic E-state index is 5.63. The summed E-state index contributed by atoms with van der Waals surface area (Å²) in [4.78, 5) is 6.64. The normalized spacial score (nSPS) is 12.4. The van der Waals surface area contributed by atoms with E-state index in [1.807, 2.05) is 0 Å². The highest BCUT2D eigenvalue weighted by Crippen LogP contribution is 2.21. The monoisotopic (exact) mass is 255 g/mol. The largest absolute Gasteiger partial charge is 0.368 e. The lowest BCUT2D eigenvalue weighted by Gasteiger charge is -2.39. The van der Waals surface area contributed by atoms with Gasteiger partial charge < -0.3 is 19.4 Å². The fraction of sp³-hybridized carbons (Fsp3) is 0.857. The summed E-state index contributed by atoms with van der Waals surface area (Å²) in [7, 11) is 12.6. The van der Waals surface area contributed by atoms with Crippen molar-refractivity contribution in [2.24, 2.45) is 5.41 Å². The van der Waals surface area contributed by atoms with Crippen LogP contribution in [0.4, 0.5) is 0 Å². The second-order valence-corrected chi connectivity index (χ2v) is 5.91. The van der Waals surface area contributed by atoms with Crippen LogP contribution in [0.1, 0.15) is 0 Å². The third-order valence-corrected chi connectivity index (χ3v) is 2.55. The molecule has 0 rings (SSSR count). The van der Waals surface area contributed by atoms with Gasteiger partial charge in [-0.25, -0.2) is 0 Å². The van der Waals surface area contributed by atoms with Crippen molar-refractivity contribution in [3.63, 3.8) is 0 Å². The maximum Gasteiger partial charge on any atom is 0.107 e. The fourth-order valence-corrected chi connectivity index (χ4v) is 2.63. The van der Waals surface area contributed by atoms with Gasteiger partial charge in [0.1, 0.15) is 6.61 Å². The molecule has 106 valence electrons. The van der Waals surface area contributed by atoms with Crippen LogP contribution in [0.5, 0.6) is 0 Å². The van der Waals surface area contributed by atoms with Crippen molar-refractivity contribution >= 4 is 0 Å². The number of hydrogen-bond acceptors (Lipinski definition) is 4. The molecule has 0 amide bonds. The first-order valence-corrected chi connectivity index (χ1v) is 6.27. The molecule has 0 saturated heterocycles. The highest BCUT2D eigenvalue weighted by atomic mass is 16.5. The molecule has 18 heavy (non-hydrogen) atoms. The van der Waals surface area contributed by atoms with E-state index < -0.39 is 0 Å². The molecule has 0 fully saturated rings. The van der Waals surface area contributed by atoms with Gasteiger partial charge in [0.25, 0.3) is 0 Å². The summed E-state index contributed by atoms with van der Waals surface area (Å²) in [5, 5.41) is 0. The Morgan fingerprint density at radius 2 is 1.28 bits per heavy atom. The Hall–Kier alpha value is -0.600. The van der Waals surface area contributed by atoms with Gasteiger partial charge >= 0.3 is 0 Å². The van der Waals surface area contributed by atoms with Gasteiger partial charge in [-0.1, -0.05) is 5.92 Å². The van der Waals surface area contributed by atoms with Crippen LogP contribution in [-0.2, 0) is 4.74 Å². The van der Waals surface area contributed by atoms with Crippen molar-refractivity contribution in [1.82, 2.24) is 14.7 Å². The molecule has 0 aliphatic carbocycles. The van der Waals surface area contributed by atoms with Crippen LogP contribution in [-0.4, -0.2) is 89.8 Å². The maximum atomic E-state index is 5.63. The zero-order chi connectivity index (χ0) is 14.2. The molecule has 0 aliphatic heterocycles. The van der Waals surface area contributed by atoms with Gasteiger partial charge in [-0.05, 0) is 42.3 Å². The lowest BCUT2D eigenvalue weighted by molar-refractivity contribution is 0.00908. The van der Waals surface area contributed by atoms with Gasteiger partial charge in [0, 0.05) is 25.0 Å². The molecule has 4 nitrogen and oxygen atoms in total. The molecule has 0 aromatic carbocycles. The summed E-state index contributed by atoms with van der Waals surface area (Å²) in [6.07, 6.45) is 5.26. The minimum atomic E-state index is 0.0767. The van der Waals surface area contributed by atoms with Crippen LogP contribution >= 0.6 is 0 Å². The molecule has 0 spiro atoms. The Balaban J connectivity index is 4.80. The SMILES string of the molecule is C#CCOCC(CN(C)C)(CN(C)C)CN(C)C. The Morgan fingerprint density at radius 3 is 1.56 bits per heavy atom. The molecule has 0 unspecified atom stereocenters. The molecule has 4 heteroatoms. The molecule has 0 atom stereocenters. The van der Waals surface area contributed by atoms with Crippen LogP contribution < -0.4 is 0 Å². The minimum absolute atomic E-state index is 0.0767. The molecule has 0 N–H and O–H groups in total. The first kappa shape index (κ1) is 17.4. The number of terminal acetylenes is 1. The molecule has 0 aromatic rings. The summed E-state index contributed by atoms with van der Waals surface area (Å²) in [5.41, 5.74) is 0.0767. The van der Waals surface area contributed by atoms with Crippen LogP contribution in [0, 0.1) is 17.8 Å². The highest BCUT2D eigenvalue weighted by molar-refractivity contribution is 4.88. The lowest BCUT2D eigenvalue weighted by atomic mass is 9.87. The van der Waals surface area contributed by atoms with Crippen molar-refractivity contribution < 1.29 is 4.74 Å². The molecule has 0 radical (unpaired) electrons. The molecule has 0 saturated carbocycles. The average Bonchev–Trinajstić information content (AvgIpc) is 2.13. The zero-order valence-corrected chi connectivity index (χ0v) is 12.9. The quantitative estimate of drug-likeness (QED) is 0.436. The Bertz CT molecular complexity index is 230. The fourth-order valence-electron chi connectivity index (χ4n) is 2.63. The van der Waals surface area contributed by atoms with E-state index >= 15 is 0 Å². The van der Waals surface area contributed by atoms with Crippen molar-refractivity contribution in [3.05, 3.63) is 0 Å². The summed E-state index contributed by atoms with van der Waals surface area (Å²) >= 11 is 0. The predicted molar refractivity (Wildman–Crippen MR) is 77.7 cm³/mol. The van der Waals surface area contributed by atoms with E-state index in [4.69, 9.17) is 11.2 Å². The van der Waals surface area contributed by atoms with Crippen molar-refractivity contribution in [2.45, 2.75) is 0 Å². The van der Waals surface area contributed by atoms with E-state index in [2.05, 4.69) is 62.9 Å². The van der Waals surface area contributed by atoms with E-state index in [1.54, 1.807) is 0 Å². The molecule has 0 bridgehead atoms. The van der Waals surface area contributed by atoms with Gasteiger partial charge in [-0.3, -0.25) is 0 Å². The third-order valence-electron chi connectivity index (χ3n) is 2.55. The summed E-state index contributed by atoms with van der Waals surface area (Å²) in [5.74, 6) is 2.54. The van der Waals surface area contributed by atoms with E-state index in [0.29, 0.717) is 13.2 Å². The van der Waals surface area contributed by atoms with E-state index in [0.717, 1.165) is 19.6 Å². The van der Waals surface area contributed by atoms with Gasteiger partial charge in [0.05, 0.1) is 6.61 Å². The summed E-state index contributed by atoms with van der Waals surface area (Å²) in [6, 6.07) is 0. The number of hydrogen-bond donors (Lipinski definition) is 0. The van der Waals surface area contributed by atoms with Crippen molar-refractivity contribution in [3.8, 4) is 12.3 Å². The second-order valence-electron chi connectivity index (χ2n) is 5.91. The van der Waals surface area contributed by atoms with Crippen LogP contribution in [0.3, 0.4) is 0 Å². The third kappa shape index (κ3) is 7.67. The van der Waals surface area contributed by atoms with E-state index in [9.17, 15) is 0 Å². The van der Waals surface area contributed by atoms with Crippen molar-refractivity contribution in [2.75, 3.05) is 75.1 Å². The molecule has 0 aromatic heterocycles. The Kier molecular flexibility index (Phi) is 8.21. The van der Waals surface area contributed by atoms with Crippen LogP contribution in [0.15, 0.2) is 0 Å². The number of nitrogens with zero attached hydrogens (tertiary/aromatic N) is 3. The molecular weight excluding hydrogens is 226 g/mol. The first-order valence-electron chi connectivity index (χ1n) is 6.27. The van der Waals surface area contributed by atoms with Crippen LogP contribution in [0.25, 0.3) is 0 Å². The second kappa shape index (κ2) is 8.49. The molecular formula is C14H29N3O. The zero-order valence-electron chi connectivity index (χ0n) is 12.9. The van der Waals surface area contributed by atoms with Gasteiger partial charge in [0.15, 0.2) is 0 Å². The van der Waals surface area contributed by atoms with Gasteiger partial charge in [-0.2, -0.15) is 0 Å². The number of rotatable bonds is 9. The highest BCUT2D eigenvalue weighted by Gasteiger charge is 2.32. The Labute approximate surface area is 113 Å². The topological polar surface area (TPSA) is 19.0 Å². The van der Waals surface area contributed by atoms with E-state index in [1.165, 1.54) is 0 Å². The molecule has 0 heterocycles. The first-order chi connectivity index (χ1) is 8.31. The summed E-state index contributed by atoms with van der Waals surface area (Å²) < 4.78 is 5.63. The smallest absolute Gasteiger partial charge is 0.107 e.